The minimum atomic E-state index is -0.484. The highest BCUT2D eigenvalue weighted by Gasteiger charge is 2.10. The lowest BCUT2D eigenvalue weighted by Crippen LogP contribution is -2.13. The van der Waals surface area contributed by atoms with Gasteiger partial charge in [-0.2, -0.15) is 5.26 Å². The van der Waals surface area contributed by atoms with Crippen LogP contribution < -0.4 is 5.32 Å². The first-order valence-electron chi connectivity index (χ1n) is 7.63. The first kappa shape index (κ1) is 18.0. The number of methoxy groups -OCH3 is 1. The number of ether oxygens (including phenoxy) is 1. The van der Waals surface area contributed by atoms with Crippen molar-refractivity contribution in [1.82, 2.24) is 0 Å². The first-order chi connectivity index (χ1) is 11.9. The number of nitrogens with zero attached hydrogens (tertiary/aromatic N) is 1. The van der Waals surface area contributed by atoms with Gasteiger partial charge in [-0.1, -0.05) is 18.2 Å². The summed E-state index contributed by atoms with van der Waals surface area (Å²) in [5.41, 5.74) is 3.83. The Morgan fingerprint density at radius 3 is 2.32 bits per heavy atom. The molecule has 5 heteroatoms. The highest BCUT2D eigenvalue weighted by Crippen LogP contribution is 2.16. The first-order valence-corrected chi connectivity index (χ1v) is 7.63. The summed E-state index contributed by atoms with van der Waals surface area (Å²) in [5, 5.41) is 12.0. The Morgan fingerprint density at radius 1 is 1.08 bits per heavy atom. The number of nitrogens with one attached hydrogen (secondary N) is 1. The van der Waals surface area contributed by atoms with E-state index in [1.54, 1.807) is 30.3 Å². The van der Waals surface area contributed by atoms with Gasteiger partial charge in [-0.05, 0) is 60.9 Å². The van der Waals surface area contributed by atoms with E-state index >= 15 is 0 Å². The lowest BCUT2D eigenvalue weighted by Gasteiger charge is -2.07. The molecule has 0 fully saturated rings. The molecule has 0 aliphatic heterocycles. The number of esters is 1. The summed E-state index contributed by atoms with van der Waals surface area (Å²) < 4.78 is 4.63. The van der Waals surface area contributed by atoms with Crippen LogP contribution >= 0.6 is 0 Å². The molecule has 0 heterocycles. The van der Waals surface area contributed by atoms with Gasteiger partial charge in [0.15, 0.2) is 0 Å². The highest BCUT2D eigenvalue weighted by molar-refractivity contribution is 6.09. The van der Waals surface area contributed by atoms with Gasteiger partial charge in [0.05, 0.1) is 12.7 Å². The molecule has 2 aromatic carbocycles. The number of rotatable bonds is 4. The molecule has 0 saturated heterocycles. The van der Waals surface area contributed by atoms with E-state index in [4.69, 9.17) is 0 Å². The van der Waals surface area contributed by atoms with Crippen LogP contribution in [0.3, 0.4) is 0 Å². The average Bonchev–Trinajstić information content (AvgIpc) is 2.62. The fourth-order valence-electron chi connectivity index (χ4n) is 2.17. The summed E-state index contributed by atoms with van der Waals surface area (Å²) in [4.78, 5) is 23.7. The molecule has 0 saturated carbocycles. The predicted molar refractivity (Wildman–Crippen MR) is 95.9 cm³/mol. The molecule has 0 aliphatic rings. The molecular formula is C20H18N2O3. The zero-order valence-electron chi connectivity index (χ0n) is 14.3. The number of aryl methyl sites for hydroxylation is 2. The molecule has 0 unspecified atom stereocenters. The van der Waals surface area contributed by atoms with Crippen molar-refractivity contribution in [3.05, 3.63) is 70.3 Å². The molecule has 5 nitrogen and oxygen atoms in total. The van der Waals surface area contributed by atoms with Crippen LogP contribution in [0.4, 0.5) is 5.69 Å². The van der Waals surface area contributed by atoms with Crippen LogP contribution in [0.15, 0.2) is 48.0 Å². The van der Waals surface area contributed by atoms with Crippen LogP contribution in [0, 0.1) is 25.2 Å². The Labute approximate surface area is 146 Å². The molecule has 25 heavy (non-hydrogen) atoms. The number of hydrogen-bond donors (Lipinski definition) is 1. The van der Waals surface area contributed by atoms with Crippen LogP contribution in [0.1, 0.15) is 27.0 Å². The van der Waals surface area contributed by atoms with E-state index in [-0.39, 0.29) is 5.57 Å². The monoisotopic (exact) mass is 334 g/mol. The van der Waals surface area contributed by atoms with Gasteiger partial charge < -0.3 is 10.1 Å². The fourth-order valence-corrected chi connectivity index (χ4v) is 2.17. The van der Waals surface area contributed by atoms with Crippen molar-refractivity contribution in [1.29, 1.82) is 5.26 Å². The average molecular weight is 334 g/mol. The number of carbonyl (C=O) groups excluding carboxylic acids is 2. The fraction of sp³-hybridized carbons (Fsp3) is 0.150. The summed E-state index contributed by atoms with van der Waals surface area (Å²) >= 11 is 0. The third-order valence-electron chi connectivity index (χ3n) is 3.77. The second-order valence-electron chi connectivity index (χ2n) is 5.54. The van der Waals surface area contributed by atoms with Crippen LogP contribution in [0.25, 0.3) is 6.08 Å². The van der Waals surface area contributed by atoms with Gasteiger partial charge in [0.25, 0.3) is 5.91 Å². The number of nitriles is 1. The normalized spacial score (nSPS) is 10.7. The molecule has 0 radical (unpaired) electrons. The number of carbonyl (C=O) groups is 2. The standard InChI is InChI=1S/C20H18N2O3/c1-13-4-9-18(10-14(13)2)22-19(23)17(12-21)11-15-5-7-16(8-6-15)20(24)25-3/h4-11H,1-3H3,(H,22,23)/b17-11+. The quantitative estimate of drug-likeness (QED) is 0.526. The molecule has 0 aliphatic carbocycles. The van der Waals surface area contributed by atoms with E-state index in [2.05, 4.69) is 10.1 Å². The molecular weight excluding hydrogens is 316 g/mol. The molecule has 0 spiro atoms. The lowest BCUT2D eigenvalue weighted by molar-refractivity contribution is -0.112. The third-order valence-corrected chi connectivity index (χ3v) is 3.77. The van der Waals surface area contributed by atoms with Crippen molar-refractivity contribution >= 4 is 23.6 Å². The maximum Gasteiger partial charge on any atom is 0.337 e. The van der Waals surface area contributed by atoms with Crippen molar-refractivity contribution in [2.24, 2.45) is 0 Å². The zero-order chi connectivity index (χ0) is 18.4. The van der Waals surface area contributed by atoms with Crippen molar-refractivity contribution < 1.29 is 14.3 Å². The number of benzene rings is 2. The molecule has 1 amide bonds. The van der Waals surface area contributed by atoms with E-state index in [0.717, 1.165) is 11.1 Å². The molecule has 2 aromatic rings. The molecule has 0 aromatic heterocycles. The van der Waals surface area contributed by atoms with Gasteiger partial charge >= 0.3 is 5.97 Å². The summed E-state index contributed by atoms with van der Waals surface area (Å²) in [6, 6.07) is 13.9. The Hall–Kier alpha value is -3.39. The summed E-state index contributed by atoms with van der Waals surface area (Å²) in [7, 11) is 1.31. The third kappa shape index (κ3) is 4.55. The van der Waals surface area contributed by atoms with Gasteiger partial charge in [0, 0.05) is 5.69 Å². The number of hydrogen-bond acceptors (Lipinski definition) is 4. The minimum Gasteiger partial charge on any atom is -0.465 e. The van der Waals surface area contributed by atoms with Gasteiger partial charge in [-0.3, -0.25) is 4.79 Å². The second kappa shape index (κ2) is 7.93. The number of anilines is 1. The Balaban J connectivity index is 2.18. The molecule has 1 N–H and O–H groups in total. The maximum atomic E-state index is 12.3. The van der Waals surface area contributed by atoms with Crippen molar-refractivity contribution in [2.45, 2.75) is 13.8 Å². The minimum absolute atomic E-state index is 0.0240. The Bertz CT molecular complexity index is 875. The smallest absolute Gasteiger partial charge is 0.337 e. The van der Waals surface area contributed by atoms with Crippen molar-refractivity contribution in [3.8, 4) is 6.07 Å². The molecule has 0 bridgehead atoms. The maximum absolute atomic E-state index is 12.3. The van der Waals surface area contributed by atoms with Crippen LogP contribution in [0.5, 0.6) is 0 Å². The highest BCUT2D eigenvalue weighted by atomic mass is 16.5. The zero-order valence-corrected chi connectivity index (χ0v) is 14.3. The summed E-state index contributed by atoms with van der Waals surface area (Å²) in [6.45, 7) is 3.94. The van der Waals surface area contributed by atoms with Crippen LogP contribution in [-0.4, -0.2) is 19.0 Å². The van der Waals surface area contributed by atoms with Crippen molar-refractivity contribution in [3.63, 3.8) is 0 Å². The van der Waals surface area contributed by atoms with Crippen LogP contribution in [-0.2, 0) is 9.53 Å². The summed E-state index contributed by atoms with van der Waals surface area (Å²) in [5.74, 6) is -0.925. The van der Waals surface area contributed by atoms with Crippen LogP contribution in [0.2, 0.25) is 0 Å². The van der Waals surface area contributed by atoms with Gasteiger partial charge in [0.1, 0.15) is 11.6 Å². The molecule has 126 valence electrons. The summed E-state index contributed by atoms with van der Waals surface area (Å²) in [6.07, 6.45) is 1.47. The van der Waals surface area contributed by atoms with Gasteiger partial charge in [-0.25, -0.2) is 4.79 Å². The van der Waals surface area contributed by atoms with E-state index in [0.29, 0.717) is 16.8 Å². The topological polar surface area (TPSA) is 79.2 Å². The van der Waals surface area contributed by atoms with E-state index < -0.39 is 11.9 Å². The van der Waals surface area contributed by atoms with E-state index in [1.165, 1.54) is 13.2 Å². The van der Waals surface area contributed by atoms with Gasteiger partial charge in [-0.15, -0.1) is 0 Å². The van der Waals surface area contributed by atoms with E-state index in [9.17, 15) is 14.9 Å². The largest absolute Gasteiger partial charge is 0.465 e. The predicted octanol–water partition coefficient (Wildman–Crippen LogP) is 3.64. The molecule has 2 rings (SSSR count). The molecule has 0 atom stereocenters. The Kier molecular flexibility index (Phi) is 5.70. The Morgan fingerprint density at radius 2 is 1.76 bits per heavy atom. The lowest BCUT2D eigenvalue weighted by atomic mass is 10.1. The van der Waals surface area contributed by atoms with E-state index in [1.807, 2.05) is 32.0 Å². The SMILES string of the molecule is COC(=O)c1ccc(/C=C(\C#N)C(=O)Nc2ccc(C)c(C)c2)cc1. The second-order valence-corrected chi connectivity index (χ2v) is 5.54. The van der Waals surface area contributed by atoms with Crippen molar-refractivity contribution in [2.75, 3.05) is 12.4 Å². The van der Waals surface area contributed by atoms with Gasteiger partial charge in [0.2, 0.25) is 0 Å². The number of amides is 1.